The first-order valence-electron chi connectivity index (χ1n) is 19.7. The van der Waals surface area contributed by atoms with Crippen molar-refractivity contribution in [1.82, 2.24) is 30.5 Å². The van der Waals surface area contributed by atoms with Crippen molar-refractivity contribution >= 4 is 58.8 Å². The number of nitrogens with zero attached hydrogens (tertiary/aromatic N) is 4. The minimum atomic E-state index is -0.837. The number of hydrogen-bond acceptors (Lipinski definition) is 8. The van der Waals surface area contributed by atoms with Crippen LogP contribution in [0.15, 0.2) is 48.5 Å². The molecule has 17 heteroatoms. The fraction of sp³-hybridized carbons (Fsp3) is 0.537. The number of benzene rings is 2. The Morgan fingerprint density at radius 3 is 2.03 bits per heavy atom. The molecule has 316 valence electrons. The molecule has 6 rings (SSSR count). The molecule has 0 radical (unpaired) electrons. The van der Waals surface area contributed by atoms with Gasteiger partial charge >= 0.3 is 12.0 Å². The van der Waals surface area contributed by atoms with E-state index in [-0.39, 0.29) is 35.2 Å². The number of amides is 7. The van der Waals surface area contributed by atoms with E-state index in [0.717, 1.165) is 19.9 Å². The Morgan fingerprint density at radius 2 is 1.41 bits per heavy atom. The summed E-state index contributed by atoms with van der Waals surface area (Å²) in [6, 6.07) is 11.5. The summed E-state index contributed by atoms with van der Waals surface area (Å²) in [6.45, 7) is 8.42. The van der Waals surface area contributed by atoms with Gasteiger partial charge in [-0.15, -0.1) is 0 Å². The van der Waals surface area contributed by atoms with Crippen molar-refractivity contribution in [3.05, 3.63) is 64.7 Å². The summed E-state index contributed by atoms with van der Waals surface area (Å²) in [7, 11) is 0.959. The highest BCUT2D eigenvalue weighted by atomic mass is 35.5. The van der Waals surface area contributed by atoms with Gasteiger partial charge in [-0.2, -0.15) is 5.12 Å². The maximum atomic E-state index is 13.5. The number of fused-ring (bicyclic) bond motifs is 3. The number of cyclic esters (lactones) is 1. The third-order valence-electron chi connectivity index (χ3n) is 10.3. The van der Waals surface area contributed by atoms with Crippen LogP contribution in [0, 0.1) is 13.8 Å². The zero-order valence-corrected chi connectivity index (χ0v) is 34.6. The molecule has 4 heterocycles. The molecule has 7 amide bonds. The number of ether oxygens (including phenoxy) is 1. The maximum absolute atomic E-state index is 13.5. The number of hydrogen-bond donors (Lipinski definition) is 3. The van der Waals surface area contributed by atoms with E-state index < -0.39 is 54.7 Å². The van der Waals surface area contributed by atoms with Crippen LogP contribution in [0.4, 0.5) is 15.0 Å². The molecule has 0 spiro atoms. The number of likely N-dealkylation sites (N-methyl/N-ethyl adjacent to an activating group) is 1. The second-order valence-corrected chi connectivity index (χ2v) is 15.4. The predicted molar refractivity (Wildman–Crippen MR) is 215 cm³/mol. The van der Waals surface area contributed by atoms with Crippen LogP contribution >= 0.6 is 11.6 Å². The smallest absolute Gasteiger partial charge is 0.329 e. The van der Waals surface area contributed by atoms with Crippen LogP contribution in [0.3, 0.4) is 0 Å². The van der Waals surface area contributed by atoms with Crippen molar-refractivity contribution in [2.75, 3.05) is 38.5 Å². The van der Waals surface area contributed by atoms with Crippen LogP contribution < -0.4 is 16.0 Å². The first kappa shape index (κ1) is 45.5. The highest BCUT2D eigenvalue weighted by Crippen LogP contribution is 2.27. The Hall–Kier alpha value is -5.25. The number of piperidine rings is 1. The number of urea groups is 1. The summed E-state index contributed by atoms with van der Waals surface area (Å²) >= 11 is 5.67. The van der Waals surface area contributed by atoms with Crippen molar-refractivity contribution in [1.29, 1.82) is 0 Å². The topological polar surface area (TPSA) is 178 Å². The van der Waals surface area contributed by atoms with E-state index in [2.05, 4.69) is 54.1 Å². The van der Waals surface area contributed by atoms with E-state index in [9.17, 15) is 38.0 Å². The molecule has 0 bridgehead atoms. The van der Waals surface area contributed by atoms with Crippen LogP contribution in [-0.4, -0.2) is 125 Å². The predicted octanol–water partition coefficient (Wildman–Crippen LogP) is 4.30. The van der Waals surface area contributed by atoms with Gasteiger partial charge in [-0.05, 0) is 96.9 Å². The van der Waals surface area contributed by atoms with Crippen LogP contribution in [-0.2, 0) is 33.5 Å². The highest BCUT2D eigenvalue weighted by molar-refractivity contribution is 6.30. The molecule has 5 unspecified atom stereocenters. The molecule has 0 aromatic heterocycles. The standard InChI is InChI=1S/C23H34N4O6.C10H11ClFN3O2.C8H10/c1-14-13-19(28)25-11-5-8-17(25)22(31)26-10-4-3-7-16(26)20(29)24-15(2)21(30)27-12-6-9-18(27)23(32)33-14;1-15(12)9(16)6-13-10(17)14-8-4-2-7(11)3-5-8;1-7-4-3-5-8(2)6-7/h14-18H,3-13H2,1-2H3,(H,24,29);2-5H,6H2,1H3,(H2,13,14,17);3-6H,1-2H3. The average molecular weight is 828 g/mol. The second-order valence-electron chi connectivity index (χ2n) is 15.0. The first-order chi connectivity index (χ1) is 27.5. The summed E-state index contributed by atoms with van der Waals surface area (Å²) in [5.74, 6) is -2.51. The Morgan fingerprint density at radius 1 is 0.828 bits per heavy atom. The Labute approximate surface area is 343 Å². The zero-order valence-electron chi connectivity index (χ0n) is 33.8. The number of aryl methyl sites for hydroxylation is 2. The molecule has 4 aliphatic rings. The third kappa shape index (κ3) is 12.9. The summed E-state index contributed by atoms with van der Waals surface area (Å²) < 4.78 is 17.9. The van der Waals surface area contributed by atoms with E-state index in [1.54, 1.807) is 47.9 Å². The number of esters is 1. The number of nitrogens with one attached hydrogen (secondary N) is 3. The molecule has 4 aliphatic heterocycles. The Kier molecular flexibility index (Phi) is 16.8. The van der Waals surface area contributed by atoms with Crippen molar-refractivity contribution in [3.63, 3.8) is 0 Å². The van der Waals surface area contributed by atoms with Gasteiger partial charge in [0.25, 0.3) is 5.91 Å². The number of halogens is 2. The van der Waals surface area contributed by atoms with Gasteiger partial charge in [0.2, 0.25) is 23.6 Å². The van der Waals surface area contributed by atoms with Crippen LogP contribution in [0.25, 0.3) is 0 Å². The molecule has 4 saturated heterocycles. The highest BCUT2D eigenvalue weighted by Gasteiger charge is 2.43. The van der Waals surface area contributed by atoms with Gasteiger partial charge in [0, 0.05) is 37.4 Å². The molecule has 2 aromatic rings. The minimum Gasteiger partial charge on any atom is -0.461 e. The average Bonchev–Trinajstić information content (AvgIpc) is 3.89. The third-order valence-corrected chi connectivity index (χ3v) is 10.5. The summed E-state index contributed by atoms with van der Waals surface area (Å²) in [5, 5.41) is 7.91. The molecular weight excluding hydrogens is 773 g/mol. The number of carbonyl (C=O) groups excluding carboxylic acids is 7. The number of carbonyl (C=O) groups is 7. The molecule has 2 aromatic carbocycles. The van der Waals surface area contributed by atoms with Gasteiger partial charge in [-0.1, -0.05) is 51.5 Å². The molecular formula is C41H55ClFN7O8. The zero-order chi connectivity index (χ0) is 42.5. The van der Waals surface area contributed by atoms with Crippen LogP contribution in [0.5, 0.6) is 0 Å². The summed E-state index contributed by atoms with van der Waals surface area (Å²) in [4.78, 5) is 92.3. The molecule has 3 N–H and O–H groups in total. The Bertz CT molecular complexity index is 1780. The number of rotatable bonds is 3. The fourth-order valence-electron chi connectivity index (χ4n) is 7.34. The van der Waals surface area contributed by atoms with Gasteiger partial charge in [0.15, 0.2) is 0 Å². The van der Waals surface area contributed by atoms with E-state index in [1.807, 2.05) is 0 Å². The van der Waals surface area contributed by atoms with Crippen molar-refractivity contribution in [2.24, 2.45) is 0 Å². The SMILES string of the molecule is CC1CC(=O)N2CCCC2C(=O)N2CCCCC2C(=O)NC(C)C(=O)N2CCCC2C(=O)O1.CN(F)C(=O)CNC(=O)Nc1ccc(Cl)cc1.Cc1cccc(C)c1. The van der Waals surface area contributed by atoms with Gasteiger partial charge in [0.1, 0.15) is 36.8 Å². The maximum Gasteiger partial charge on any atom is 0.329 e. The molecule has 58 heavy (non-hydrogen) atoms. The second kappa shape index (κ2) is 21.5. The summed E-state index contributed by atoms with van der Waals surface area (Å²) in [5.41, 5.74) is 3.20. The van der Waals surface area contributed by atoms with E-state index in [1.165, 1.54) is 16.0 Å². The lowest BCUT2D eigenvalue weighted by Gasteiger charge is -2.38. The van der Waals surface area contributed by atoms with E-state index in [4.69, 9.17) is 16.3 Å². The van der Waals surface area contributed by atoms with Gasteiger partial charge in [-0.25, -0.2) is 9.59 Å². The lowest BCUT2D eigenvalue weighted by Crippen LogP contribution is -2.59. The molecule has 0 aliphatic carbocycles. The molecule has 5 atom stereocenters. The van der Waals surface area contributed by atoms with Crippen molar-refractivity contribution < 1.29 is 42.8 Å². The monoisotopic (exact) mass is 827 g/mol. The van der Waals surface area contributed by atoms with E-state index >= 15 is 0 Å². The largest absolute Gasteiger partial charge is 0.461 e. The lowest BCUT2D eigenvalue weighted by atomic mass is 9.99. The normalized spacial score (nSPS) is 23.7. The van der Waals surface area contributed by atoms with Crippen molar-refractivity contribution in [3.8, 4) is 0 Å². The van der Waals surface area contributed by atoms with Crippen molar-refractivity contribution in [2.45, 2.75) is 109 Å². The fourth-order valence-corrected chi connectivity index (χ4v) is 7.46. The molecule has 0 saturated carbocycles. The minimum absolute atomic E-state index is 0.0174. The molecule has 4 fully saturated rings. The quantitative estimate of drug-likeness (QED) is 0.303. The summed E-state index contributed by atoms with van der Waals surface area (Å²) in [6.07, 6.45) is 3.88. The van der Waals surface area contributed by atoms with E-state index in [0.29, 0.717) is 62.4 Å². The first-order valence-corrected chi connectivity index (χ1v) is 20.1. The van der Waals surface area contributed by atoms with Gasteiger partial charge in [0.05, 0.1) is 6.42 Å². The Balaban J connectivity index is 0.000000246. The number of anilines is 1. The van der Waals surface area contributed by atoms with Crippen LogP contribution in [0.2, 0.25) is 5.02 Å². The molecule has 15 nitrogen and oxygen atoms in total. The van der Waals surface area contributed by atoms with Gasteiger partial charge < -0.3 is 35.4 Å². The van der Waals surface area contributed by atoms with Gasteiger partial charge in [-0.3, -0.25) is 24.0 Å². The van der Waals surface area contributed by atoms with Crippen LogP contribution in [0.1, 0.15) is 76.3 Å². The lowest BCUT2D eigenvalue weighted by molar-refractivity contribution is -0.160.